The highest BCUT2D eigenvalue weighted by atomic mass is 16.6. The molecule has 0 spiro atoms. The van der Waals surface area contributed by atoms with E-state index in [1.165, 1.54) is 148 Å². The van der Waals surface area contributed by atoms with Crippen molar-refractivity contribution >= 4 is 17.9 Å². The molecule has 0 aliphatic carbocycles. The molecular formula is C64H112O6. The fraction of sp³-hybridized carbons (Fsp3) is 0.766. The van der Waals surface area contributed by atoms with Crippen molar-refractivity contribution in [2.45, 2.75) is 303 Å². The summed E-state index contributed by atoms with van der Waals surface area (Å²) in [4.78, 5) is 38.2. The van der Waals surface area contributed by atoms with Gasteiger partial charge in [0.2, 0.25) is 0 Å². The lowest BCUT2D eigenvalue weighted by Gasteiger charge is -2.18. The number of carbonyl (C=O) groups excluding carboxylic acids is 3. The Balaban J connectivity index is 4.42. The molecule has 0 aliphatic rings. The molecule has 0 bridgehead atoms. The van der Waals surface area contributed by atoms with Gasteiger partial charge in [-0.25, -0.2) is 0 Å². The molecule has 404 valence electrons. The Hall–Kier alpha value is -3.15. The number of rotatable bonds is 54. The van der Waals surface area contributed by atoms with E-state index in [9.17, 15) is 14.4 Å². The minimum Gasteiger partial charge on any atom is -0.462 e. The zero-order valence-corrected chi connectivity index (χ0v) is 46.3. The highest BCUT2D eigenvalue weighted by molar-refractivity contribution is 5.71. The molecule has 0 heterocycles. The van der Waals surface area contributed by atoms with Crippen LogP contribution in [0.1, 0.15) is 297 Å². The summed E-state index contributed by atoms with van der Waals surface area (Å²) in [5.41, 5.74) is 0. The number of carbonyl (C=O) groups is 3. The Morgan fingerprint density at radius 2 is 0.557 bits per heavy atom. The topological polar surface area (TPSA) is 78.9 Å². The van der Waals surface area contributed by atoms with Crippen molar-refractivity contribution in [2.24, 2.45) is 0 Å². The number of esters is 3. The van der Waals surface area contributed by atoms with E-state index in [1.807, 2.05) is 0 Å². The van der Waals surface area contributed by atoms with Crippen LogP contribution in [-0.2, 0) is 28.6 Å². The molecule has 70 heavy (non-hydrogen) atoms. The van der Waals surface area contributed by atoms with Crippen LogP contribution in [0.2, 0.25) is 0 Å². The second kappa shape index (κ2) is 58.4. The molecule has 1 atom stereocenters. The van der Waals surface area contributed by atoms with Gasteiger partial charge in [0.25, 0.3) is 0 Å². The van der Waals surface area contributed by atoms with Crippen molar-refractivity contribution in [3.63, 3.8) is 0 Å². The van der Waals surface area contributed by atoms with E-state index in [2.05, 4.69) is 93.7 Å². The number of hydrogen-bond acceptors (Lipinski definition) is 6. The summed E-state index contributed by atoms with van der Waals surface area (Å²) in [7, 11) is 0. The van der Waals surface area contributed by atoms with Crippen molar-refractivity contribution < 1.29 is 28.6 Å². The van der Waals surface area contributed by atoms with Gasteiger partial charge in [0.05, 0.1) is 0 Å². The monoisotopic (exact) mass is 977 g/mol. The minimum absolute atomic E-state index is 0.0856. The molecule has 0 aromatic heterocycles. The normalized spacial score (nSPS) is 12.6. The minimum atomic E-state index is -0.791. The molecule has 6 heteroatoms. The van der Waals surface area contributed by atoms with Gasteiger partial charge >= 0.3 is 17.9 Å². The van der Waals surface area contributed by atoms with E-state index in [0.29, 0.717) is 19.3 Å². The zero-order chi connectivity index (χ0) is 50.7. The third-order valence-electron chi connectivity index (χ3n) is 12.9. The van der Waals surface area contributed by atoms with Crippen molar-refractivity contribution in [1.82, 2.24) is 0 Å². The molecular weight excluding hydrogens is 865 g/mol. The first-order valence-electron chi connectivity index (χ1n) is 29.9. The van der Waals surface area contributed by atoms with Crippen LogP contribution in [0.3, 0.4) is 0 Å². The summed E-state index contributed by atoms with van der Waals surface area (Å²) in [5.74, 6) is -0.905. The first-order chi connectivity index (χ1) is 34.5. The molecule has 0 fully saturated rings. The lowest BCUT2D eigenvalue weighted by atomic mass is 10.0. The summed E-state index contributed by atoms with van der Waals surface area (Å²) in [5, 5.41) is 0. The molecule has 0 rings (SSSR count). The Bertz CT molecular complexity index is 1310. The van der Waals surface area contributed by atoms with E-state index in [4.69, 9.17) is 14.2 Å². The summed E-state index contributed by atoms with van der Waals surface area (Å²) in [6.45, 7) is 6.52. The molecule has 0 saturated heterocycles. The maximum Gasteiger partial charge on any atom is 0.306 e. The summed E-state index contributed by atoms with van der Waals surface area (Å²) in [6.07, 6.45) is 74.6. The van der Waals surface area contributed by atoms with E-state index in [0.717, 1.165) is 109 Å². The number of unbranched alkanes of at least 4 members (excludes halogenated alkanes) is 31. The van der Waals surface area contributed by atoms with Crippen LogP contribution >= 0.6 is 0 Å². The number of hydrogen-bond donors (Lipinski definition) is 0. The molecule has 0 aromatic carbocycles. The van der Waals surface area contributed by atoms with Gasteiger partial charge in [0, 0.05) is 19.3 Å². The van der Waals surface area contributed by atoms with E-state index in [-0.39, 0.29) is 31.1 Å². The maximum absolute atomic E-state index is 12.9. The van der Waals surface area contributed by atoms with E-state index >= 15 is 0 Å². The molecule has 0 aromatic rings. The summed E-state index contributed by atoms with van der Waals surface area (Å²) >= 11 is 0. The smallest absolute Gasteiger partial charge is 0.306 e. The number of ether oxygens (including phenoxy) is 3. The number of allylic oxidation sites excluding steroid dienone is 12. The van der Waals surface area contributed by atoms with Crippen LogP contribution in [-0.4, -0.2) is 37.2 Å². The van der Waals surface area contributed by atoms with Crippen molar-refractivity contribution in [1.29, 1.82) is 0 Å². The zero-order valence-electron chi connectivity index (χ0n) is 46.3. The van der Waals surface area contributed by atoms with Gasteiger partial charge in [0.1, 0.15) is 13.2 Å². The standard InChI is InChI=1S/C64H112O6/c1-4-7-10-13-16-19-22-25-28-31-34-36-39-42-45-48-51-54-57-63(66)69-60-61(70-64(67)58-55-52-49-46-43-40-37-33-30-27-24-21-18-15-12-9-6-3)59-68-62(65)56-53-50-47-44-41-38-35-32-29-26-23-20-17-14-11-8-5-2/h9,12,18-19,21-22,27-28,30-31,37,40,61H,4-8,10-11,13-17,20,23-26,29,32-36,38-39,41-60H2,1-3H3/b12-9-,21-18-,22-19-,30-27-,31-28-,40-37-. The van der Waals surface area contributed by atoms with Gasteiger partial charge in [-0.3, -0.25) is 14.4 Å². The van der Waals surface area contributed by atoms with Crippen LogP contribution in [0.5, 0.6) is 0 Å². The largest absolute Gasteiger partial charge is 0.462 e. The second-order valence-electron chi connectivity index (χ2n) is 19.9. The summed E-state index contributed by atoms with van der Waals surface area (Å²) in [6, 6.07) is 0. The molecule has 1 unspecified atom stereocenters. The maximum atomic E-state index is 12.9. The molecule has 0 saturated carbocycles. The quantitative estimate of drug-likeness (QED) is 0.0261. The highest BCUT2D eigenvalue weighted by Crippen LogP contribution is 2.16. The van der Waals surface area contributed by atoms with E-state index < -0.39 is 6.10 Å². The lowest BCUT2D eigenvalue weighted by Crippen LogP contribution is -2.30. The Morgan fingerprint density at radius 1 is 0.300 bits per heavy atom. The van der Waals surface area contributed by atoms with Crippen LogP contribution in [0.15, 0.2) is 72.9 Å². The van der Waals surface area contributed by atoms with Crippen LogP contribution in [0.25, 0.3) is 0 Å². The Kier molecular flexibility index (Phi) is 55.8. The first kappa shape index (κ1) is 66.9. The average Bonchev–Trinajstić information content (AvgIpc) is 3.36. The van der Waals surface area contributed by atoms with Crippen LogP contribution < -0.4 is 0 Å². The van der Waals surface area contributed by atoms with Crippen molar-refractivity contribution in [2.75, 3.05) is 13.2 Å². The Labute approximate surface area is 433 Å². The van der Waals surface area contributed by atoms with Crippen molar-refractivity contribution in [3.05, 3.63) is 72.9 Å². The molecule has 6 nitrogen and oxygen atoms in total. The summed E-state index contributed by atoms with van der Waals surface area (Å²) < 4.78 is 16.9. The SMILES string of the molecule is CC/C=C\C/C=C\C/C=C\C/C=C\CCCCCCC(=O)OC(COC(=O)CCCCCCCCC/C=C\C/C=C\CCCCCC)COC(=O)CCCCCCCCCCCCCCCCCCC. The third kappa shape index (κ3) is 55.8. The van der Waals surface area contributed by atoms with Gasteiger partial charge in [-0.1, -0.05) is 261 Å². The third-order valence-corrected chi connectivity index (χ3v) is 12.9. The lowest BCUT2D eigenvalue weighted by molar-refractivity contribution is -0.167. The van der Waals surface area contributed by atoms with Gasteiger partial charge in [0.15, 0.2) is 6.10 Å². The first-order valence-corrected chi connectivity index (χ1v) is 29.9. The molecule has 0 aliphatic heterocycles. The molecule has 0 N–H and O–H groups in total. The van der Waals surface area contributed by atoms with Gasteiger partial charge < -0.3 is 14.2 Å². The van der Waals surface area contributed by atoms with Gasteiger partial charge in [-0.2, -0.15) is 0 Å². The molecule has 0 radical (unpaired) electrons. The van der Waals surface area contributed by atoms with Crippen LogP contribution in [0, 0.1) is 0 Å². The van der Waals surface area contributed by atoms with Crippen molar-refractivity contribution in [3.8, 4) is 0 Å². The molecule has 0 amide bonds. The fourth-order valence-corrected chi connectivity index (χ4v) is 8.47. The van der Waals surface area contributed by atoms with E-state index in [1.54, 1.807) is 0 Å². The van der Waals surface area contributed by atoms with Gasteiger partial charge in [-0.05, 0) is 89.9 Å². The fourth-order valence-electron chi connectivity index (χ4n) is 8.47. The Morgan fingerprint density at radius 3 is 0.886 bits per heavy atom. The predicted octanol–water partition coefficient (Wildman–Crippen LogP) is 20.2. The predicted molar refractivity (Wildman–Crippen MR) is 302 cm³/mol. The van der Waals surface area contributed by atoms with Crippen LogP contribution in [0.4, 0.5) is 0 Å². The highest BCUT2D eigenvalue weighted by Gasteiger charge is 2.19. The average molecular weight is 978 g/mol. The second-order valence-corrected chi connectivity index (χ2v) is 19.9. The van der Waals surface area contributed by atoms with Gasteiger partial charge in [-0.15, -0.1) is 0 Å².